The summed E-state index contributed by atoms with van der Waals surface area (Å²) in [5.41, 5.74) is 0.623. The Morgan fingerprint density at radius 2 is 2.00 bits per heavy atom. The highest BCUT2D eigenvalue weighted by atomic mass is 35.5. The second-order valence-electron chi connectivity index (χ2n) is 6.98. The third-order valence-electron chi connectivity index (χ3n) is 4.75. The van der Waals surface area contributed by atoms with Crippen LogP contribution in [-0.2, 0) is 16.6 Å². The lowest BCUT2D eigenvalue weighted by Crippen LogP contribution is -2.27. The maximum Gasteiger partial charge on any atom is 0.264 e. The molecule has 30 heavy (non-hydrogen) atoms. The third-order valence-corrected chi connectivity index (χ3v) is 6.77. The smallest absolute Gasteiger partial charge is 0.264 e. The predicted octanol–water partition coefficient (Wildman–Crippen LogP) is 3.36. The molecule has 10 heteroatoms. The molecule has 3 aromatic rings. The number of carbonyl (C=O) groups is 1. The minimum Gasteiger partial charge on any atom is -0.343 e. The minimum atomic E-state index is -3.88. The normalized spacial score (nSPS) is 13.8. The van der Waals surface area contributed by atoms with Crippen LogP contribution in [0.15, 0.2) is 57.9 Å². The Morgan fingerprint density at radius 1 is 1.23 bits per heavy atom. The Hall–Kier alpha value is -2.91. The van der Waals surface area contributed by atoms with E-state index >= 15 is 0 Å². The van der Waals surface area contributed by atoms with Gasteiger partial charge in [0.05, 0.1) is 17.1 Å². The molecule has 0 spiro atoms. The average molecular weight is 447 g/mol. The molecule has 8 nitrogen and oxygen atoms in total. The summed E-state index contributed by atoms with van der Waals surface area (Å²) in [6.07, 6.45) is 2.10. The number of aromatic nitrogens is 2. The Bertz CT molecular complexity index is 1190. The average Bonchev–Trinajstić information content (AvgIpc) is 3.49. The van der Waals surface area contributed by atoms with Crippen molar-refractivity contribution in [2.75, 3.05) is 11.4 Å². The van der Waals surface area contributed by atoms with Crippen molar-refractivity contribution < 1.29 is 17.7 Å². The summed E-state index contributed by atoms with van der Waals surface area (Å²) in [4.78, 5) is 16.8. The van der Waals surface area contributed by atoms with Gasteiger partial charge in [0.25, 0.3) is 15.9 Å². The monoisotopic (exact) mass is 446 g/mol. The fourth-order valence-electron chi connectivity index (χ4n) is 2.87. The van der Waals surface area contributed by atoms with Gasteiger partial charge in [0, 0.05) is 23.6 Å². The lowest BCUT2D eigenvalue weighted by atomic mass is 10.2. The SMILES string of the molecule is CN(c1cccc(Cl)c1)S(=O)(=O)c1cccc(C(=O)NCc2nc(C3CC3)no2)c1. The quantitative estimate of drug-likeness (QED) is 0.596. The highest BCUT2D eigenvalue weighted by Gasteiger charge is 2.29. The lowest BCUT2D eigenvalue weighted by Gasteiger charge is -2.20. The van der Waals surface area contributed by atoms with E-state index in [0.29, 0.717) is 28.3 Å². The second kappa shape index (κ2) is 8.08. The highest BCUT2D eigenvalue weighted by molar-refractivity contribution is 7.92. The molecule has 1 amide bonds. The van der Waals surface area contributed by atoms with E-state index in [1.54, 1.807) is 24.3 Å². The van der Waals surface area contributed by atoms with Gasteiger partial charge >= 0.3 is 0 Å². The molecule has 0 radical (unpaired) electrons. The zero-order valence-electron chi connectivity index (χ0n) is 16.1. The van der Waals surface area contributed by atoms with E-state index in [9.17, 15) is 13.2 Å². The number of amides is 1. The number of sulfonamides is 1. The van der Waals surface area contributed by atoms with Crippen LogP contribution in [0.2, 0.25) is 5.02 Å². The molecule has 0 atom stereocenters. The van der Waals surface area contributed by atoms with Crippen molar-refractivity contribution >= 4 is 33.2 Å². The van der Waals surface area contributed by atoms with Crippen molar-refractivity contribution in [2.24, 2.45) is 0 Å². The van der Waals surface area contributed by atoms with Crippen molar-refractivity contribution in [3.63, 3.8) is 0 Å². The molecule has 0 aliphatic heterocycles. The van der Waals surface area contributed by atoms with E-state index in [0.717, 1.165) is 17.1 Å². The fourth-order valence-corrected chi connectivity index (χ4v) is 4.29. The molecule has 1 fully saturated rings. The third kappa shape index (κ3) is 4.31. The number of anilines is 1. The second-order valence-corrected chi connectivity index (χ2v) is 9.39. The van der Waals surface area contributed by atoms with Crippen molar-refractivity contribution in [3.8, 4) is 0 Å². The zero-order valence-corrected chi connectivity index (χ0v) is 17.7. The van der Waals surface area contributed by atoms with Gasteiger partial charge in [-0.3, -0.25) is 9.10 Å². The van der Waals surface area contributed by atoms with Crippen LogP contribution in [0.25, 0.3) is 0 Å². The highest BCUT2D eigenvalue weighted by Crippen LogP contribution is 2.38. The Balaban J connectivity index is 1.48. The number of nitrogens with one attached hydrogen (secondary N) is 1. The van der Waals surface area contributed by atoms with Crippen LogP contribution >= 0.6 is 11.6 Å². The van der Waals surface area contributed by atoms with E-state index < -0.39 is 15.9 Å². The van der Waals surface area contributed by atoms with Crippen molar-refractivity contribution in [1.82, 2.24) is 15.5 Å². The van der Waals surface area contributed by atoms with Gasteiger partial charge in [-0.05, 0) is 49.2 Å². The Kier molecular flexibility index (Phi) is 5.48. The van der Waals surface area contributed by atoms with E-state index in [-0.39, 0.29) is 17.0 Å². The van der Waals surface area contributed by atoms with Crippen LogP contribution in [0.5, 0.6) is 0 Å². The molecule has 0 saturated heterocycles. The molecule has 4 rings (SSSR count). The zero-order chi connectivity index (χ0) is 21.3. The molecule has 1 aliphatic carbocycles. The molecular formula is C20H19ClN4O4S. The lowest BCUT2D eigenvalue weighted by molar-refractivity contribution is 0.0946. The van der Waals surface area contributed by atoms with Gasteiger partial charge in [0.2, 0.25) is 5.89 Å². The fraction of sp³-hybridized carbons (Fsp3) is 0.250. The Labute approximate surface area is 178 Å². The van der Waals surface area contributed by atoms with Gasteiger partial charge in [-0.15, -0.1) is 0 Å². The number of halogens is 1. The van der Waals surface area contributed by atoms with Crippen LogP contribution in [0, 0.1) is 0 Å². The molecule has 2 aromatic carbocycles. The number of rotatable bonds is 7. The van der Waals surface area contributed by atoms with Crippen LogP contribution in [0.1, 0.15) is 40.8 Å². The summed E-state index contributed by atoms with van der Waals surface area (Å²) in [5.74, 6) is 0.895. The van der Waals surface area contributed by atoms with Gasteiger partial charge in [-0.25, -0.2) is 8.42 Å². The van der Waals surface area contributed by atoms with Crippen LogP contribution in [0.3, 0.4) is 0 Å². The molecule has 1 aromatic heterocycles. The summed E-state index contributed by atoms with van der Waals surface area (Å²) in [5, 5.41) is 7.00. The van der Waals surface area contributed by atoms with Gasteiger partial charge in [0.15, 0.2) is 5.82 Å². The first-order chi connectivity index (χ1) is 14.3. The van der Waals surface area contributed by atoms with Crippen LogP contribution < -0.4 is 9.62 Å². The molecular weight excluding hydrogens is 428 g/mol. The van der Waals surface area contributed by atoms with Crippen LogP contribution in [0.4, 0.5) is 5.69 Å². The van der Waals surface area contributed by atoms with E-state index in [4.69, 9.17) is 16.1 Å². The van der Waals surface area contributed by atoms with Gasteiger partial charge < -0.3 is 9.84 Å². The van der Waals surface area contributed by atoms with E-state index in [2.05, 4.69) is 15.5 Å². The summed E-state index contributed by atoms with van der Waals surface area (Å²) < 4.78 is 32.2. The number of benzene rings is 2. The van der Waals surface area contributed by atoms with Crippen LogP contribution in [-0.4, -0.2) is 31.5 Å². The van der Waals surface area contributed by atoms with E-state index in [1.807, 2.05) is 0 Å². The summed E-state index contributed by atoms with van der Waals surface area (Å²) >= 11 is 5.97. The molecule has 1 saturated carbocycles. The Morgan fingerprint density at radius 3 is 2.73 bits per heavy atom. The molecule has 0 unspecified atom stereocenters. The molecule has 1 N–H and O–H groups in total. The molecule has 1 heterocycles. The first-order valence-corrected chi connectivity index (χ1v) is 11.1. The van der Waals surface area contributed by atoms with Crippen molar-refractivity contribution in [3.05, 3.63) is 70.8 Å². The number of nitrogens with zero attached hydrogens (tertiary/aromatic N) is 3. The summed E-state index contributed by atoms with van der Waals surface area (Å²) in [6, 6.07) is 12.3. The predicted molar refractivity (Wildman–Crippen MR) is 111 cm³/mol. The number of carbonyl (C=O) groups excluding carboxylic acids is 1. The molecule has 0 bridgehead atoms. The number of hydrogen-bond acceptors (Lipinski definition) is 6. The van der Waals surface area contributed by atoms with Crippen molar-refractivity contribution in [2.45, 2.75) is 30.2 Å². The summed E-state index contributed by atoms with van der Waals surface area (Å²) in [7, 11) is -2.45. The minimum absolute atomic E-state index is 0.00793. The summed E-state index contributed by atoms with van der Waals surface area (Å²) in [6.45, 7) is 0.0674. The maximum absolute atomic E-state index is 13.0. The van der Waals surface area contributed by atoms with Gasteiger partial charge in [-0.2, -0.15) is 4.98 Å². The molecule has 1 aliphatic rings. The molecule has 156 valence electrons. The first kappa shape index (κ1) is 20.4. The first-order valence-electron chi connectivity index (χ1n) is 9.30. The maximum atomic E-state index is 13.0. The number of hydrogen-bond donors (Lipinski definition) is 1. The van der Waals surface area contributed by atoms with E-state index in [1.165, 1.54) is 31.3 Å². The van der Waals surface area contributed by atoms with Gasteiger partial charge in [-0.1, -0.05) is 28.9 Å². The largest absolute Gasteiger partial charge is 0.343 e. The topological polar surface area (TPSA) is 105 Å². The standard InChI is InChI=1S/C20H19ClN4O4S/c1-25(16-6-3-5-15(21)11-16)30(27,28)17-7-2-4-14(10-17)20(26)22-12-18-23-19(24-29-18)13-8-9-13/h2-7,10-11,13H,8-9,12H2,1H3,(H,22,26). The van der Waals surface area contributed by atoms with Crippen molar-refractivity contribution in [1.29, 1.82) is 0 Å². The van der Waals surface area contributed by atoms with Gasteiger partial charge in [0.1, 0.15) is 0 Å².